The van der Waals surface area contributed by atoms with Crippen LogP contribution in [-0.2, 0) is 14.8 Å². The van der Waals surface area contributed by atoms with E-state index in [1.165, 1.54) is 7.05 Å². The van der Waals surface area contributed by atoms with Crippen LogP contribution < -0.4 is 5.32 Å². The number of carbonyl (C=O) groups is 1. The van der Waals surface area contributed by atoms with E-state index in [1.807, 2.05) is 66.7 Å². The molecule has 0 unspecified atom stereocenters. The molecule has 0 fully saturated rings. The molecule has 1 amide bonds. The van der Waals surface area contributed by atoms with E-state index in [1.54, 1.807) is 24.3 Å². The predicted molar refractivity (Wildman–Crippen MR) is 115 cm³/mol. The average Bonchev–Trinajstić information content (AvgIpc) is 2.73. The van der Waals surface area contributed by atoms with Crippen LogP contribution in [0.15, 0.2) is 91.0 Å². The number of likely N-dealkylation sites (N-methyl/N-ethyl adjacent to an activating group) is 1. The molecule has 3 aromatic carbocycles. The van der Waals surface area contributed by atoms with Crippen LogP contribution in [-0.4, -0.2) is 31.9 Å². The molecule has 150 valence electrons. The smallest absolute Gasteiger partial charge is 0.243 e. The van der Waals surface area contributed by atoms with Crippen molar-refractivity contribution in [1.82, 2.24) is 9.62 Å². The summed E-state index contributed by atoms with van der Waals surface area (Å²) in [6.07, 6.45) is 1.10. The molecule has 3 rings (SSSR count). The summed E-state index contributed by atoms with van der Waals surface area (Å²) in [4.78, 5) is 13.4. The average molecular weight is 409 g/mol. The second kappa shape index (κ2) is 9.03. The molecule has 0 aliphatic rings. The monoisotopic (exact) mass is 408 g/mol. The van der Waals surface area contributed by atoms with Crippen molar-refractivity contribution < 1.29 is 13.2 Å². The second-order valence-corrected chi connectivity index (χ2v) is 8.90. The van der Waals surface area contributed by atoms with Crippen molar-refractivity contribution in [2.45, 2.75) is 12.1 Å². The van der Waals surface area contributed by atoms with Gasteiger partial charge in [0.15, 0.2) is 0 Å². The van der Waals surface area contributed by atoms with Gasteiger partial charge in [0, 0.05) is 7.05 Å². The molecule has 0 bridgehead atoms. The molecule has 1 atom stereocenters. The summed E-state index contributed by atoms with van der Waals surface area (Å²) in [6.45, 7) is 0. The first-order valence-electron chi connectivity index (χ1n) is 9.26. The minimum Gasteiger partial charge on any atom is -0.343 e. The Balaban J connectivity index is 2.00. The fraction of sp³-hybridized carbons (Fsp3) is 0.174. The van der Waals surface area contributed by atoms with Gasteiger partial charge in [-0.2, -0.15) is 4.31 Å². The lowest BCUT2D eigenvalue weighted by molar-refractivity contribution is -0.125. The molecule has 0 aliphatic carbocycles. The molecular formula is C23H24N2O3S. The van der Waals surface area contributed by atoms with E-state index in [0.717, 1.165) is 21.7 Å². The lowest BCUT2D eigenvalue weighted by Gasteiger charge is -2.28. The zero-order valence-electron chi connectivity index (χ0n) is 16.4. The molecule has 0 saturated heterocycles. The summed E-state index contributed by atoms with van der Waals surface area (Å²) in [5.74, 6) is -0.387. The number of rotatable bonds is 7. The molecule has 0 saturated carbocycles. The van der Waals surface area contributed by atoms with Crippen LogP contribution in [0.1, 0.15) is 28.8 Å². The second-order valence-electron chi connectivity index (χ2n) is 6.86. The highest BCUT2D eigenvalue weighted by Crippen LogP contribution is 2.26. The molecule has 0 radical (unpaired) electrons. The van der Waals surface area contributed by atoms with Gasteiger partial charge in [-0.25, -0.2) is 8.42 Å². The van der Waals surface area contributed by atoms with Gasteiger partial charge in [0.2, 0.25) is 15.9 Å². The Hall–Kier alpha value is -2.96. The number of hydrogen-bond donors (Lipinski definition) is 1. The fourth-order valence-corrected chi connectivity index (χ4v) is 3.82. The Morgan fingerprint density at radius 3 is 1.52 bits per heavy atom. The molecule has 6 heteroatoms. The fourth-order valence-electron chi connectivity index (χ4n) is 3.22. The topological polar surface area (TPSA) is 66.5 Å². The molecule has 0 heterocycles. The predicted octanol–water partition coefficient (Wildman–Crippen LogP) is 3.52. The van der Waals surface area contributed by atoms with Crippen LogP contribution in [0.5, 0.6) is 0 Å². The van der Waals surface area contributed by atoms with Crippen molar-refractivity contribution in [2.75, 3.05) is 13.3 Å². The summed E-state index contributed by atoms with van der Waals surface area (Å²) in [6, 6.07) is 26.8. The third-order valence-electron chi connectivity index (χ3n) is 4.80. The van der Waals surface area contributed by atoms with E-state index in [0.29, 0.717) is 5.56 Å². The van der Waals surface area contributed by atoms with Crippen molar-refractivity contribution >= 4 is 15.9 Å². The van der Waals surface area contributed by atoms with Crippen LogP contribution in [0.2, 0.25) is 0 Å². The quantitative estimate of drug-likeness (QED) is 0.650. The van der Waals surface area contributed by atoms with Gasteiger partial charge < -0.3 is 5.32 Å². The van der Waals surface area contributed by atoms with Crippen molar-refractivity contribution in [3.8, 4) is 0 Å². The highest BCUT2D eigenvalue weighted by Gasteiger charge is 2.32. The summed E-state index contributed by atoms with van der Waals surface area (Å²) >= 11 is 0. The minimum absolute atomic E-state index is 0.387. The summed E-state index contributed by atoms with van der Waals surface area (Å²) in [5, 5.41) is 3.06. The van der Waals surface area contributed by atoms with Gasteiger partial charge in [-0.3, -0.25) is 4.79 Å². The maximum atomic E-state index is 13.4. The lowest BCUT2D eigenvalue weighted by atomic mass is 9.97. The molecule has 0 aromatic heterocycles. The Labute approximate surface area is 172 Å². The first kappa shape index (κ1) is 20.8. The van der Waals surface area contributed by atoms with E-state index in [2.05, 4.69) is 5.32 Å². The highest BCUT2D eigenvalue weighted by atomic mass is 32.2. The van der Waals surface area contributed by atoms with E-state index < -0.39 is 22.1 Å². The summed E-state index contributed by atoms with van der Waals surface area (Å²) < 4.78 is 25.5. The maximum Gasteiger partial charge on any atom is 0.243 e. The number of benzene rings is 3. The van der Waals surface area contributed by atoms with Gasteiger partial charge in [0.1, 0.15) is 6.04 Å². The van der Waals surface area contributed by atoms with Crippen LogP contribution in [0.25, 0.3) is 0 Å². The van der Waals surface area contributed by atoms with E-state index in [9.17, 15) is 13.2 Å². The Morgan fingerprint density at radius 2 is 1.14 bits per heavy atom. The first-order valence-corrected chi connectivity index (χ1v) is 11.1. The zero-order chi connectivity index (χ0) is 20.9. The molecule has 1 N–H and O–H groups in total. The summed E-state index contributed by atoms with van der Waals surface area (Å²) in [7, 11) is -2.16. The Morgan fingerprint density at radius 1 is 0.759 bits per heavy atom. The van der Waals surface area contributed by atoms with E-state index >= 15 is 0 Å². The molecular weight excluding hydrogens is 384 g/mol. The summed E-state index contributed by atoms with van der Waals surface area (Å²) in [5.41, 5.74) is 2.44. The van der Waals surface area contributed by atoms with Crippen molar-refractivity contribution in [3.63, 3.8) is 0 Å². The number of amides is 1. The van der Waals surface area contributed by atoms with Gasteiger partial charge in [-0.15, -0.1) is 0 Å². The van der Waals surface area contributed by atoms with Crippen LogP contribution in [0, 0.1) is 0 Å². The first-order chi connectivity index (χ1) is 13.9. The van der Waals surface area contributed by atoms with Gasteiger partial charge in [0.05, 0.1) is 12.3 Å². The maximum absolute atomic E-state index is 13.4. The number of carbonyl (C=O) groups excluding carboxylic acids is 1. The molecule has 5 nitrogen and oxygen atoms in total. The lowest BCUT2D eigenvalue weighted by Crippen LogP contribution is -2.42. The number of hydrogen-bond acceptors (Lipinski definition) is 3. The number of nitrogens with one attached hydrogen (secondary N) is 1. The standard InChI is InChI=1S/C23H24N2O3S/c1-25(29(2,27)28)22(20-16-10-5-11-17-20)23(26)24-21(18-12-6-3-7-13-18)19-14-8-4-9-15-19/h3-17,21-22H,1-2H3,(H,24,26)/t22-/m0/s1. The van der Waals surface area contributed by atoms with Crippen LogP contribution in [0.4, 0.5) is 0 Å². The number of nitrogens with zero attached hydrogens (tertiary/aromatic N) is 1. The molecule has 29 heavy (non-hydrogen) atoms. The third kappa shape index (κ3) is 5.10. The molecule has 3 aromatic rings. The Bertz CT molecular complexity index is 1000. The minimum atomic E-state index is -3.59. The molecule has 0 aliphatic heterocycles. The normalized spacial score (nSPS) is 12.7. The number of sulfonamides is 1. The van der Waals surface area contributed by atoms with Crippen LogP contribution in [0.3, 0.4) is 0 Å². The van der Waals surface area contributed by atoms with Crippen molar-refractivity contribution in [3.05, 3.63) is 108 Å². The largest absolute Gasteiger partial charge is 0.343 e. The third-order valence-corrected chi connectivity index (χ3v) is 6.06. The van der Waals surface area contributed by atoms with Crippen molar-refractivity contribution in [1.29, 1.82) is 0 Å². The van der Waals surface area contributed by atoms with Gasteiger partial charge in [-0.1, -0.05) is 91.0 Å². The van der Waals surface area contributed by atoms with E-state index in [4.69, 9.17) is 0 Å². The Kier molecular flexibility index (Phi) is 6.46. The SMILES string of the molecule is CN([C@H](C(=O)NC(c1ccccc1)c1ccccc1)c1ccccc1)S(C)(=O)=O. The molecule has 0 spiro atoms. The van der Waals surface area contributed by atoms with Gasteiger partial charge in [0.25, 0.3) is 0 Å². The van der Waals surface area contributed by atoms with E-state index in [-0.39, 0.29) is 5.91 Å². The van der Waals surface area contributed by atoms with Gasteiger partial charge >= 0.3 is 0 Å². The van der Waals surface area contributed by atoms with Crippen LogP contribution >= 0.6 is 0 Å². The van der Waals surface area contributed by atoms with Crippen molar-refractivity contribution in [2.24, 2.45) is 0 Å². The highest BCUT2D eigenvalue weighted by molar-refractivity contribution is 7.88. The zero-order valence-corrected chi connectivity index (χ0v) is 17.2. The van der Waals surface area contributed by atoms with Gasteiger partial charge in [-0.05, 0) is 16.7 Å².